The molecule has 0 saturated heterocycles. The lowest BCUT2D eigenvalue weighted by Crippen LogP contribution is -2.53. The molecule has 0 aliphatic heterocycles. The Labute approximate surface area is 273 Å². The van der Waals surface area contributed by atoms with Crippen molar-refractivity contribution in [2.24, 2.45) is 0 Å². The number of carbonyl (C=O) groups is 2. The highest BCUT2D eigenvalue weighted by atomic mass is 35.5. The van der Waals surface area contributed by atoms with E-state index in [0.29, 0.717) is 12.1 Å². The van der Waals surface area contributed by atoms with Crippen LogP contribution in [0.15, 0.2) is 108 Å². The lowest BCUT2D eigenvalue weighted by molar-refractivity contribution is -0.140. The smallest absolute Gasteiger partial charge is 0.264 e. The average Bonchev–Trinajstić information content (AvgIpc) is 3.03. The number of amides is 2. The summed E-state index contributed by atoms with van der Waals surface area (Å²) < 4.78 is 42.8. The van der Waals surface area contributed by atoms with Crippen LogP contribution in [0.3, 0.4) is 0 Å². The number of carbonyl (C=O) groups excluding carboxylic acids is 2. The van der Waals surface area contributed by atoms with E-state index in [9.17, 15) is 22.4 Å². The minimum atomic E-state index is -4.31. The lowest BCUT2D eigenvalue weighted by Gasteiger charge is -2.34. The number of nitrogens with one attached hydrogen (secondary N) is 1. The second-order valence-electron chi connectivity index (χ2n) is 10.4. The summed E-state index contributed by atoms with van der Waals surface area (Å²) in [6.07, 6.45) is 1.77. The van der Waals surface area contributed by atoms with Crippen LogP contribution in [0, 0.1) is 5.82 Å². The molecule has 0 aromatic heterocycles. The molecule has 1 atom stereocenters. The molecule has 0 saturated carbocycles. The normalized spacial score (nSPS) is 11.9. The van der Waals surface area contributed by atoms with Gasteiger partial charge in [0.1, 0.15) is 18.4 Å². The fraction of sp³-hybridized carbons (Fsp3) is 0.235. The largest absolute Gasteiger partial charge is 0.354 e. The zero-order chi connectivity index (χ0) is 32.4. The predicted octanol–water partition coefficient (Wildman–Crippen LogP) is 6.88. The molecule has 7 nitrogen and oxygen atoms in total. The number of nitrogens with zero attached hydrogens (tertiary/aromatic N) is 2. The Balaban J connectivity index is 1.80. The van der Waals surface area contributed by atoms with Gasteiger partial charge < -0.3 is 10.2 Å². The zero-order valence-corrected chi connectivity index (χ0v) is 27.0. The average molecular weight is 671 g/mol. The second kappa shape index (κ2) is 15.9. The van der Waals surface area contributed by atoms with Gasteiger partial charge in [0.15, 0.2) is 0 Å². The molecule has 236 valence electrons. The molecule has 45 heavy (non-hydrogen) atoms. The first kappa shape index (κ1) is 34.0. The van der Waals surface area contributed by atoms with Gasteiger partial charge in [-0.25, -0.2) is 12.8 Å². The van der Waals surface area contributed by atoms with E-state index in [1.165, 1.54) is 59.5 Å². The summed E-state index contributed by atoms with van der Waals surface area (Å²) in [7, 11) is -4.31. The molecule has 4 aromatic carbocycles. The lowest BCUT2D eigenvalue weighted by atomic mass is 10.0. The van der Waals surface area contributed by atoms with Gasteiger partial charge in [0.2, 0.25) is 11.8 Å². The van der Waals surface area contributed by atoms with Crippen molar-refractivity contribution in [3.8, 4) is 0 Å². The molecule has 0 aliphatic rings. The zero-order valence-electron chi connectivity index (χ0n) is 24.7. The maximum absolute atomic E-state index is 14.4. The van der Waals surface area contributed by atoms with E-state index in [-0.39, 0.29) is 39.5 Å². The summed E-state index contributed by atoms with van der Waals surface area (Å²) in [5.41, 5.74) is 1.41. The highest BCUT2D eigenvalue weighted by Crippen LogP contribution is 2.33. The molecule has 4 aromatic rings. The van der Waals surface area contributed by atoms with Gasteiger partial charge in [-0.05, 0) is 60.0 Å². The molecular formula is C34H34Cl2FN3O4S. The summed E-state index contributed by atoms with van der Waals surface area (Å²) in [6, 6.07) is 25.8. The van der Waals surface area contributed by atoms with Crippen molar-refractivity contribution in [1.29, 1.82) is 0 Å². The number of anilines is 1. The SMILES string of the molecule is CCCCNC(=O)[C@H](Cc1ccccc1)N(Cc1ccc(F)cc1)C(=O)CN(c1ccc(Cl)cc1Cl)S(=O)(=O)c1ccccc1. The van der Waals surface area contributed by atoms with E-state index in [1.54, 1.807) is 18.2 Å². The first-order valence-corrected chi connectivity index (χ1v) is 16.7. The number of rotatable bonds is 14. The number of hydrogen-bond donors (Lipinski definition) is 1. The Morgan fingerprint density at radius 3 is 2.13 bits per heavy atom. The third-order valence-electron chi connectivity index (χ3n) is 7.16. The summed E-state index contributed by atoms with van der Waals surface area (Å²) in [6.45, 7) is 1.66. The van der Waals surface area contributed by atoms with E-state index in [0.717, 1.165) is 22.7 Å². The van der Waals surface area contributed by atoms with E-state index in [2.05, 4.69) is 5.32 Å². The molecule has 0 bridgehead atoms. The highest BCUT2D eigenvalue weighted by molar-refractivity contribution is 7.92. The van der Waals surface area contributed by atoms with E-state index in [1.807, 2.05) is 37.3 Å². The summed E-state index contributed by atoms with van der Waals surface area (Å²) in [5, 5.41) is 3.24. The Hall–Kier alpha value is -3.92. The summed E-state index contributed by atoms with van der Waals surface area (Å²) in [5.74, 6) is -1.49. The van der Waals surface area contributed by atoms with Crippen LogP contribution in [0.1, 0.15) is 30.9 Å². The van der Waals surface area contributed by atoms with E-state index >= 15 is 0 Å². The fourth-order valence-electron chi connectivity index (χ4n) is 4.76. The quantitative estimate of drug-likeness (QED) is 0.148. The van der Waals surface area contributed by atoms with Gasteiger partial charge in [-0.2, -0.15) is 0 Å². The number of hydrogen-bond acceptors (Lipinski definition) is 4. The van der Waals surface area contributed by atoms with Crippen LogP contribution in [0.2, 0.25) is 10.0 Å². The van der Waals surface area contributed by atoms with Crippen molar-refractivity contribution < 1.29 is 22.4 Å². The van der Waals surface area contributed by atoms with Gasteiger partial charge >= 0.3 is 0 Å². The molecule has 4 rings (SSSR count). The maximum atomic E-state index is 14.4. The van der Waals surface area contributed by atoms with Crippen molar-refractivity contribution in [2.45, 2.75) is 43.7 Å². The van der Waals surface area contributed by atoms with Gasteiger partial charge in [-0.15, -0.1) is 0 Å². The van der Waals surface area contributed by atoms with Crippen molar-refractivity contribution in [3.05, 3.63) is 130 Å². The number of sulfonamides is 1. The van der Waals surface area contributed by atoms with E-state index in [4.69, 9.17) is 23.2 Å². The van der Waals surface area contributed by atoms with Crippen LogP contribution in [0.4, 0.5) is 10.1 Å². The predicted molar refractivity (Wildman–Crippen MR) is 176 cm³/mol. The fourth-order valence-corrected chi connectivity index (χ4v) is 6.78. The van der Waals surface area contributed by atoms with Crippen LogP contribution in [0.25, 0.3) is 0 Å². The topological polar surface area (TPSA) is 86.8 Å². The summed E-state index contributed by atoms with van der Waals surface area (Å²) >= 11 is 12.6. The molecule has 0 fully saturated rings. The second-order valence-corrected chi connectivity index (χ2v) is 13.1. The molecular weight excluding hydrogens is 636 g/mol. The molecule has 0 aliphatic carbocycles. The van der Waals surface area contributed by atoms with Gasteiger partial charge in [0.05, 0.1) is 15.6 Å². The third-order valence-corrected chi connectivity index (χ3v) is 9.47. The molecule has 11 heteroatoms. The standard InChI is InChI=1S/C34H34Cl2FN3O4S/c1-2-3-20-38-34(42)32(21-25-10-6-4-7-11-25)39(23-26-14-17-28(37)18-15-26)33(41)24-40(31-19-16-27(35)22-30(31)36)45(43,44)29-12-8-5-9-13-29/h4-19,22,32H,2-3,20-21,23-24H2,1H3,(H,38,42)/t32-/m0/s1. The van der Waals surface area contributed by atoms with Gasteiger partial charge in [-0.1, -0.05) is 97.2 Å². The number of benzene rings is 4. The van der Waals surface area contributed by atoms with Crippen molar-refractivity contribution >= 4 is 50.7 Å². The van der Waals surface area contributed by atoms with Crippen LogP contribution < -0.4 is 9.62 Å². The van der Waals surface area contributed by atoms with Crippen LogP contribution in [0.5, 0.6) is 0 Å². The first-order chi connectivity index (χ1) is 21.6. The summed E-state index contributed by atoms with van der Waals surface area (Å²) in [4.78, 5) is 29.5. The molecule has 2 amide bonds. The van der Waals surface area contributed by atoms with Gasteiger partial charge in [-0.3, -0.25) is 13.9 Å². The first-order valence-electron chi connectivity index (χ1n) is 14.5. The van der Waals surface area contributed by atoms with Crippen LogP contribution in [-0.2, 0) is 32.6 Å². The Morgan fingerprint density at radius 2 is 1.51 bits per heavy atom. The highest BCUT2D eigenvalue weighted by Gasteiger charge is 2.35. The van der Waals surface area contributed by atoms with Crippen molar-refractivity contribution in [1.82, 2.24) is 10.2 Å². The third kappa shape index (κ3) is 9.06. The van der Waals surface area contributed by atoms with Crippen LogP contribution >= 0.6 is 23.2 Å². The molecule has 1 N–H and O–H groups in total. The minimum Gasteiger partial charge on any atom is -0.354 e. The molecule has 0 radical (unpaired) electrons. The number of unbranched alkanes of at least 4 members (excludes halogenated alkanes) is 1. The van der Waals surface area contributed by atoms with Crippen LogP contribution in [-0.4, -0.2) is 44.3 Å². The van der Waals surface area contributed by atoms with Crippen molar-refractivity contribution in [3.63, 3.8) is 0 Å². The molecule has 0 spiro atoms. The maximum Gasteiger partial charge on any atom is 0.264 e. The van der Waals surface area contributed by atoms with Crippen molar-refractivity contribution in [2.75, 3.05) is 17.4 Å². The Kier molecular flexibility index (Phi) is 12.0. The Bertz CT molecular complexity index is 1690. The van der Waals surface area contributed by atoms with E-state index < -0.39 is 34.3 Å². The minimum absolute atomic E-state index is 0.0260. The Morgan fingerprint density at radius 1 is 0.867 bits per heavy atom. The molecule has 0 unspecified atom stereocenters. The number of halogens is 3. The molecule has 0 heterocycles. The monoisotopic (exact) mass is 669 g/mol. The van der Waals surface area contributed by atoms with Gasteiger partial charge in [0.25, 0.3) is 10.0 Å². The van der Waals surface area contributed by atoms with Gasteiger partial charge in [0, 0.05) is 24.5 Å².